The standard InChI is InChI=1S/C20H31N3O3/c1-6-7-16(13-21)12-18(22)23(19(24)26-20(2,3)4)14-15-8-10-17(25-5)11-9-15/h8-13H,6-7,14,21-22H2,1-5H3/b16-13-,18-12+. The molecule has 0 aliphatic heterocycles. The molecule has 1 amide bonds. The van der Waals surface area contributed by atoms with Gasteiger partial charge in [0, 0.05) is 0 Å². The van der Waals surface area contributed by atoms with Gasteiger partial charge in [-0.3, -0.25) is 4.90 Å². The fourth-order valence-corrected chi connectivity index (χ4v) is 2.25. The minimum absolute atomic E-state index is 0.283. The molecule has 144 valence electrons. The second-order valence-electron chi connectivity index (χ2n) is 6.98. The van der Waals surface area contributed by atoms with Gasteiger partial charge in [-0.05, 0) is 62.7 Å². The summed E-state index contributed by atoms with van der Waals surface area (Å²) in [5.74, 6) is 1.04. The molecule has 0 aliphatic rings. The highest BCUT2D eigenvalue weighted by Gasteiger charge is 2.24. The molecule has 0 spiro atoms. The van der Waals surface area contributed by atoms with E-state index in [0.29, 0.717) is 5.82 Å². The van der Waals surface area contributed by atoms with Crippen LogP contribution < -0.4 is 16.2 Å². The molecule has 0 aliphatic carbocycles. The monoisotopic (exact) mass is 361 g/mol. The van der Waals surface area contributed by atoms with E-state index in [-0.39, 0.29) is 6.54 Å². The summed E-state index contributed by atoms with van der Waals surface area (Å²) in [6.45, 7) is 7.79. The summed E-state index contributed by atoms with van der Waals surface area (Å²) < 4.78 is 10.7. The molecular weight excluding hydrogens is 330 g/mol. The van der Waals surface area contributed by atoms with Gasteiger partial charge in [0.15, 0.2) is 0 Å². The number of rotatable bonds is 7. The highest BCUT2D eigenvalue weighted by Crippen LogP contribution is 2.19. The van der Waals surface area contributed by atoms with Crippen LogP contribution in [0.4, 0.5) is 4.79 Å². The van der Waals surface area contributed by atoms with Crippen molar-refractivity contribution in [2.24, 2.45) is 11.5 Å². The Morgan fingerprint density at radius 3 is 2.31 bits per heavy atom. The Hall–Kier alpha value is -2.63. The lowest BCUT2D eigenvalue weighted by Gasteiger charge is -2.27. The summed E-state index contributed by atoms with van der Waals surface area (Å²) in [6.07, 6.45) is 4.43. The van der Waals surface area contributed by atoms with Crippen LogP contribution in [-0.4, -0.2) is 23.7 Å². The van der Waals surface area contributed by atoms with Gasteiger partial charge in [0.25, 0.3) is 0 Å². The van der Waals surface area contributed by atoms with Gasteiger partial charge in [0.1, 0.15) is 17.2 Å². The molecule has 0 bridgehead atoms. The van der Waals surface area contributed by atoms with Crippen LogP contribution in [0, 0.1) is 0 Å². The lowest BCUT2D eigenvalue weighted by atomic mass is 10.1. The van der Waals surface area contributed by atoms with Crippen molar-refractivity contribution in [3.05, 3.63) is 53.5 Å². The Morgan fingerprint density at radius 2 is 1.85 bits per heavy atom. The predicted octanol–water partition coefficient (Wildman–Crippen LogP) is 3.88. The highest BCUT2D eigenvalue weighted by molar-refractivity contribution is 5.70. The third-order valence-corrected chi connectivity index (χ3v) is 3.51. The van der Waals surface area contributed by atoms with Crippen LogP contribution in [0.5, 0.6) is 5.75 Å². The number of amides is 1. The number of methoxy groups -OCH3 is 1. The van der Waals surface area contributed by atoms with Crippen molar-refractivity contribution in [2.75, 3.05) is 7.11 Å². The van der Waals surface area contributed by atoms with Crippen molar-refractivity contribution in [3.8, 4) is 5.75 Å². The summed E-state index contributed by atoms with van der Waals surface area (Å²) in [5, 5.41) is 0. The number of carbonyl (C=O) groups is 1. The van der Waals surface area contributed by atoms with E-state index in [2.05, 4.69) is 6.92 Å². The van der Waals surface area contributed by atoms with E-state index in [1.807, 2.05) is 45.0 Å². The number of ether oxygens (including phenoxy) is 2. The second-order valence-corrected chi connectivity index (χ2v) is 6.98. The van der Waals surface area contributed by atoms with E-state index in [0.717, 1.165) is 29.7 Å². The zero-order valence-electron chi connectivity index (χ0n) is 16.4. The summed E-state index contributed by atoms with van der Waals surface area (Å²) in [6, 6.07) is 7.44. The summed E-state index contributed by atoms with van der Waals surface area (Å²) >= 11 is 0. The van der Waals surface area contributed by atoms with Crippen LogP contribution in [0.3, 0.4) is 0 Å². The second kappa shape index (κ2) is 9.75. The van der Waals surface area contributed by atoms with Crippen molar-refractivity contribution in [2.45, 2.75) is 52.7 Å². The van der Waals surface area contributed by atoms with Crippen LogP contribution in [-0.2, 0) is 11.3 Å². The number of carbonyl (C=O) groups excluding carboxylic acids is 1. The Morgan fingerprint density at radius 1 is 1.23 bits per heavy atom. The van der Waals surface area contributed by atoms with Crippen LogP contribution in [0.15, 0.2) is 47.9 Å². The first-order valence-electron chi connectivity index (χ1n) is 8.71. The van der Waals surface area contributed by atoms with E-state index in [9.17, 15) is 4.79 Å². The highest BCUT2D eigenvalue weighted by atomic mass is 16.6. The fourth-order valence-electron chi connectivity index (χ4n) is 2.25. The molecule has 0 heterocycles. The van der Waals surface area contributed by atoms with Crippen molar-refractivity contribution in [3.63, 3.8) is 0 Å². The summed E-state index contributed by atoms with van der Waals surface area (Å²) in [4.78, 5) is 14.1. The van der Waals surface area contributed by atoms with Gasteiger partial charge >= 0.3 is 6.09 Å². The van der Waals surface area contributed by atoms with E-state index < -0.39 is 11.7 Å². The molecule has 0 unspecified atom stereocenters. The van der Waals surface area contributed by atoms with Crippen LogP contribution in [0.1, 0.15) is 46.1 Å². The molecule has 4 N–H and O–H groups in total. The molecule has 0 saturated heterocycles. The van der Waals surface area contributed by atoms with Gasteiger partial charge < -0.3 is 20.9 Å². The maximum absolute atomic E-state index is 12.7. The zero-order valence-corrected chi connectivity index (χ0v) is 16.4. The van der Waals surface area contributed by atoms with Crippen LogP contribution in [0.25, 0.3) is 0 Å². The molecule has 1 rings (SSSR count). The van der Waals surface area contributed by atoms with Gasteiger partial charge in [0.05, 0.1) is 13.7 Å². The SMILES string of the molecule is CCCC(=C/N)/C=C(\N)N(Cc1ccc(OC)cc1)C(=O)OC(C)(C)C. The van der Waals surface area contributed by atoms with Gasteiger partial charge in [0.2, 0.25) is 0 Å². The zero-order chi connectivity index (χ0) is 19.7. The maximum Gasteiger partial charge on any atom is 0.416 e. The average Bonchev–Trinajstić information content (AvgIpc) is 2.58. The van der Waals surface area contributed by atoms with Crippen molar-refractivity contribution in [1.29, 1.82) is 0 Å². The number of hydrogen-bond donors (Lipinski definition) is 2. The molecule has 26 heavy (non-hydrogen) atoms. The van der Waals surface area contributed by atoms with E-state index >= 15 is 0 Å². The number of nitrogens with zero attached hydrogens (tertiary/aromatic N) is 1. The molecule has 1 aromatic carbocycles. The number of nitrogens with two attached hydrogens (primary N) is 2. The number of allylic oxidation sites excluding steroid dienone is 2. The normalized spacial score (nSPS) is 12.7. The molecule has 1 aromatic rings. The Balaban J connectivity index is 3.11. The molecule has 0 fully saturated rings. The largest absolute Gasteiger partial charge is 0.497 e. The molecule has 0 atom stereocenters. The Bertz CT molecular complexity index is 643. The lowest BCUT2D eigenvalue weighted by molar-refractivity contribution is 0.0298. The topological polar surface area (TPSA) is 90.8 Å². The molecular formula is C20H31N3O3. The Kier molecular flexibility index (Phi) is 8.03. The van der Waals surface area contributed by atoms with E-state index in [4.69, 9.17) is 20.9 Å². The maximum atomic E-state index is 12.7. The van der Waals surface area contributed by atoms with Crippen molar-refractivity contribution in [1.82, 2.24) is 4.90 Å². The third kappa shape index (κ3) is 7.09. The quantitative estimate of drug-likeness (QED) is 0.719. The average molecular weight is 361 g/mol. The third-order valence-electron chi connectivity index (χ3n) is 3.51. The lowest BCUT2D eigenvalue weighted by Crippen LogP contribution is -2.38. The minimum atomic E-state index is -0.620. The van der Waals surface area contributed by atoms with Crippen LogP contribution >= 0.6 is 0 Å². The summed E-state index contributed by atoms with van der Waals surface area (Å²) in [5.41, 5.74) is 13.0. The number of benzene rings is 1. The first-order chi connectivity index (χ1) is 12.2. The molecule has 0 saturated carbocycles. The number of hydrogen-bond acceptors (Lipinski definition) is 5. The van der Waals surface area contributed by atoms with E-state index in [1.165, 1.54) is 11.1 Å². The molecule has 6 nitrogen and oxygen atoms in total. The van der Waals surface area contributed by atoms with Crippen molar-refractivity contribution < 1.29 is 14.3 Å². The van der Waals surface area contributed by atoms with E-state index in [1.54, 1.807) is 13.2 Å². The fraction of sp³-hybridized carbons (Fsp3) is 0.450. The molecule has 0 radical (unpaired) electrons. The summed E-state index contributed by atoms with van der Waals surface area (Å²) in [7, 11) is 1.61. The van der Waals surface area contributed by atoms with Crippen LogP contribution in [0.2, 0.25) is 0 Å². The minimum Gasteiger partial charge on any atom is -0.497 e. The first-order valence-corrected chi connectivity index (χ1v) is 8.71. The smallest absolute Gasteiger partial charge is 0.416 e. The Labute approximate surface area is 156 Å². The first kappa shape index (κ1) is 21.4. The van der Waals surface area contributed by atoms with Gasteiger partial charge in [-0.1, -0.05) is 25.5 Å². The van der Waals surface area contributed by atoms with Crippen molar-refractivity contribution >= 4 is 6.09 Å². The molecule has 0 aromatic heterocycles. The van der Waals surface area contributed by atoms with Gasteiger partial charge in [-0.15, -0.1) is 0 Å². The van der Waals surface area contributed by atoms with Gasteiger partial charge in [-0.25, -0.2) is 4.79 Å². The van der Waals surface area contributed by atoms with Gasteiger partial charge in [-0.2, -0.15) is 0 Å². The predicted molar refractivity (Wildman–Crippen MR) is 104 cm³/mol. The molecule has 6 heteroatoms.